The summed E-state index contributed by atoms with van der Waals surface area (Å²) in [6.07, 6.45) is 4.41. The first-order valence-electron chi connectivity index (χ1n) is 5.32. The first-order valence-corrected chi connectivity index (χ1v) is 7.14. The molecule has 1 atom stereocenters. The van der Waals surface area contributed by atoms with Crippen molar-refractivity contribution in [3.8, 4) is 0 Å². The van der Waals surface area contributed by atoms with Gasteiger partial charge in [0.25, 0.3) is 0 Å². The van der Waals surface area contributed by atoms with Gasteiger partial charge in [-0.25, -0.2) is 8.42 Å². The Morgan fingerprint density at radius 3 is 2.88 bits per heavy atom. The lowest BCUT2D eigenvalue weighted by Gasteiger charge is -2.23. The van der Waals surface area contributed by atoms with Crippen molar-refractivity contribution in [3.63, 3.8) is 0 Å². The van der Waals surface area contributed by atoms with E-state index in [2.05, 4.69) is 10.4 Å². The highest BCUT2D eigenvalue weighted by molar-refractivity contribution is 7.91. The third kappa shape index (κ3) is 2.62. The van der Waals surface area contributed by atoms with E-state index in [0.717, 1.165) is 5.56 Å². The summed E-state index contributed by atoms with van der Waals surface area (Å²) in [5.74, 6) is 0.532. The van der Waals surface area contributed by atoms with Crippen LogP contribution < -0.4 is 5.32 Å². The fourth-order valence-electron chi connectivity index (χ4n) is 2.03. The molecule has 0 bridgehead atoms. The van der Waals surface area contributed by atoms with Gasteiger partial charge in [0.15, 0.2) is 9.84 Å². The predicted molar refractivity (Wildman–Crippen MR) is 61.7 cm³/mol. The molecule has 2 heterocycles. The fraction of sp³-hybridized carbons (Fsp3) is 0.700. The van der Waals surface area contributed by atoms with Crippen LogP contribution >= 0.6 is 0 Å². The average Bonchev–Trinajstić information content (AvgIpc) is 2.69. The second-order valence-electron chi connectivity index (χ2n) is 4.78. The van der Waals surface area contributed by atoms with E-state index in [4.69, 9.17) is 0 Å². The molecule has 90 valence electrons. The first kappa shape index (κ1) is 11.6. The maximum atomic E-state index is 11.4. The first-order chi connectivity index (χ1) is 7.39. The van der Waals surface area contributed by atoms with Crippen molar-refractivity contribution >= 4 is 9.84 Å². The Bertz CT molecular complexity index is 480. The second-order valence-corrected chi connectivity index (χ2v) is 6.96. The molecule has 0 amide bonds. The maximum Gasteiger partial charge on any atom is 0.152 e. The lowest BCUT2D eigenvalue weighted by atomic mass is 10.0. The van der Waals surface area contributed by atoms with Crippen molar-refractivity contribution in [3.05, 3.63) is 18.0 Å². The molecule has 1 aliphatic rings. The molecule has 1 aromatic heterocycles. The van der Waals surface area contributed by atoms with Gasteiger partial charge < -0.3 is 5.32 Å². The van der Waals surface area contributed by atoms with E-state index in [-0.39, 0.29) is 11.3 Å². The zero-order chi connectivity index (χ0) is 11.8. The quantitative estimate of drug-likeness (QED) is 0.817. The van der Waals surface area contributed by atoms with Crippen molar-refractivity contribution in [2.24, 2.45) is 7.05 Å². The van der Waals surface area contributed by atoms with Gasteiger partial charge in [-0.05, 0) is 13.3 Å². The molecule has 1 aliphatic heterocycles. The molecule has 6 heteroatoms. The molecule has 1 fully saturated rings. The molecule has 1 N–H and O–H groups in total. The number of hydrogen-bond acceptors (Lipinski definition) is 4. The molecule has 0 spiro atoms. The Morgan fingerprint density at radius 1 is 1.62 bits per heavy atom. The number of hydrogen-bond donors (Lipinski definition) is 1. The number of nitrogens with zero attached hydrogens (tertiary/aromatic N) is 2. The van der Waals surface area contributed by atoms with E-state index in [1.54, 1.807) is 10.9 Å². The second kappa shape index (κ2) is 3.85. The van der Waals surface area contributed by atoms with E-state index in [0.29, 0.717) is 18.7 Å². The number of sulfone groups is 1. The SMILES string of the molecule is Cn1cc(CNC2(C)CCS(=O)(=O)C2)cn1. The minimum Gasteiger partial charge on any atom is -0.306 e. The van der Waals surface area contributed by atoms with E-state index >= 15 is 0 Å². The summed E-state index contributed by atoms with van der Waals surface area (Å²) < 4.78 is 24.6. The summed E-state index contributed by atoms with van der Waals surface area (Å²) in [7, 11) is -0.970. The zero-order valence-electron chi connectivity index (χ0n) is 9.60. The average molecular weight is 243 g/mol. The summed E-state index contributed by atoms with van der Waals surface area (Å²) in [5.41, 5.74) is 0.794. The van der Waals surface area contributed by atoms with Crippen LogP contribution in [0.5, 0.6) is 0 Å². The topological polar surface area (TPSA) is 64.0 Å². The summed E-state index contributed by atoms with van der Waals surface area (Å²) in [4.78, 5) is 0. The molecular weight excluding hydrogens is 226 g/mol. The van der Waals surface area contributed by atoms with Gasteiger partial charge in [0.2, 0.25) is 0 Å². The maximum absolute atomic E-state index is 11.4. The molecule has 1 aromatic rings. The Balaban J connectivity index is 1.96. The van der Waals surface area contributed by atoms with E-state index in [1.807, 2.05) is 20.2 Å². The van der Waals surface area contributed by atoms with Crippen LogP contribution in [0.4, 0.5) is 0 Å². The number of aromatic nitrogens is 2. The lowest BCUT2D eigenvalue weighted by Crippen LogP contribution is -2.42. The highest BCUT2D eigenvalue weighted by Gasteiger charge is 2.37. The van der Waals surface area contributed by atoms with Crippen LogP contribution in [0.3, 0.4) is 0 Å². The number of aryl methyl sites for hydroxylation is 1. The Kier molecular flexibility index (Phi) is 2.79. The van der Waals surface area contributed by atoms with Gasteiger partial charge in [0.1, 0.15) is 0 Å². The number of rotatable bonds is 3. The van der Waals surface area contributed by atoms with Crippen LogP contribution in [-0.4, -0.2) is 35.2 Å². The van der Waals surface area contributed by atoms with Gasteiger partial charge in [0.05, 0.1) is 17.7 Å². The monoisotopic (exact) mass is 243 g/mol. The van der Waals surface area contributed by atoms with E-state index in [9.17, 15) is 8.42 Å². The molecule has 16 heavy (non-hydrogen) atoms. The van der Waals surface area contributed by atoms with Crippen LogP contribution in [0.25, 0.3) is 0 Å². The van der Waals surface area contributed by atoms with Gasteiger partial charge in [-0.1, -0.05) is 0 Å². The molecule has 1 saturated heterocycles. The molecule has 0 aliphatic carbocycles. The van der Waals surface area contributed by atoms with Crippen LogP contribution in [0, 0.1) is 0 Å². The predicted octanol–water partition coefficient (Wildman–Crippen LogP) is 0.0869. The number of nitrogens with one attached hydrogen (secondary N) is 1. The summed E-state index contributed by atoms with van der Waals surface area (Å²) >= 11 is 0. The van der Waals surface area contributed by atoms with Gasteiger partial charge in [-0.2, -0.15) is 5.10 Å². The summed E-state index contributed by atoms with van der Waals surface area (Å²) in [6.45, 7) is 2.63. The third-order valence-corrected chi connectivity index (χ3v) is 4.88. The van der Waals surface area contributed by atoms with Gasteiger partial charge in [0, 0.05) is 30.9 Å². The minimum atomic E-state index is -2.84. The Hall–Kier alpha value is -0.880. The molecule has 2 rings (SSSR count). The molecular formula is C10H17N3O2S. The third-order valence-electron chi connectivity index (χ3n) is 2.98. The van der Waals surface area contributed by atoms with E-state index in [1.165, 1.54) is 0 Å². The lowest BCUT2D eigenvalue weighted by molar-refractivity contribution is 0.395. The van der Waals surface area contributed by atoms with Crippen molar-refractivity contribution in [2.45, 2.75) is 25.4 Å². The molecule has 0 saturated carbocycles. The highest BCUT2D eigenvalue weighted by Crippen LogP contribution is 2.23. The molecule has 0 radical (unpaired) electrons. The van der Waals surface area contributed by atoms with E-state index < -0.39 is 9.84 Å². The van der Waals surface area contributed by atoms with Crippen molar-refractivity contribution in [2.75, 3.05) is 11.5 Å². The van der Waals surface area contributed by atoms with Crippen LogP contribution in [0.2, 0.25) is 0 Å². The Labute approximate surface area is 95.8 Å². The van der Waals surface area contributed by atoms with Crippen LogP contribution in [0.15, 0.2) is 12.4 Å². The van der Waals surface area contributed by atoms with Crippen molar-refractivity contribution < 1.29 is 8.42 Å². The van der Waals surface area contributed by atoms with Crippen molar-refractivity contribution in [1.82, 2.24) is 15.1 Å². The standard InChI is InChI=1S/C10H17N3O2S/c1-10(3-4-16(14,15)8-10)11-5-9-6-12-13(2)7-9/h6-7,11H,3-5,8H2,1-2H3. The normalized spacial score (nSPS) is 28.4. The summed E-state index contributed by atoms with van der Waals surface area (Å²) in [5, 5.41) is 7.38. The Morgan fingerprint density at radius 2 is 2.38 bits per heavy atom. The molecule has 1 unspecified atom stereocenters. The van der Waals surface area contributed by atoms with Crippen LogP contribution in [-0.2, 0) is 23.4 Å². The highest BCUT2D eigenvalue weighted by atomic mass is 32.2. The van der Waals surface area contributed by atoms with Gasteiger partial charge >= 0.3 is 0 Å². The molecule has 0 aromatic carbocycles. The zero-order valence-corrected chi connectivity index (χ0v) is 10.4. The minimum absolute atomic E-state index is 0.236. The largest absolute Gasteiger partial charge is 0.306 e. The summed E-state index contributed by atoms with van der Waals surface area (Å²) in [6, 6.07) is 0. The van der Waals surface area contributed by atoms with Crippen molar-refractivity contribution in [1.29, 1.82) is 0 Å². The van der Waals surface area contributed by atoms with Crippen LogP contribution in [0.1, 0.15) is 18.9 Å². The van der Waals surface area contributed by atoms with Gasteiger partial charge in [-0.15, -0.1) is 0 Å². The van der Waals surface area contributed by atoms with Gasteiger partial charge in [-0.3, -0.25) is 4.68 Å². The smallest absolute Gasteiger partial charge is 0.152 e. The molecule has 5 nitrogen and oxygen atoms in total. The fourth-order valence-corrected chi connectivity index (χ4v) is 4.15.